The van der Waals surface area contributed by atoms with E-state index in [1.54, 1.807) is 0 Å². The van der Waals surface area contributed by atoms with Crippen LogP contribution in [0, 0.1) is 5.41 Å². The van der Waals surface area contributed by atoms with Gasteiger partial charge in [0.05, 0.1) is 4.99 Å². The molecule has 0 saturated carbocycles. The zero-order valence-corrected chi connectivity index (χ0v) is 11.1. The number of likely N-dealkylation sites (tertiary alicyclic amines) is 1. The molecule has 0 aliphatic carbocycles. The predicted molar refractivity (Wildman–Crippen MR) is 70.1 cm³/mol. The molecule has 15 heavy (non-hydrogen) atoms. The van der Waals surface area contributed by atoms with E-state index in [0.717, 1.165) is 6.42 Å². The Kier molecular flexibility index (Phi) is 4.53. The molecule has 1 heterocycles. The summed E-state index contributed by atoms with van der Waals surface area (Å²) in [6.07, 6.45) is 4.78. The predicted octanol–water partition coefficient (Wildman–Crippen LogP) is 2.56. The Morgan fingerprint density at radius 3 is 2.67 bits per heavy atom. The van der Waals surface area contributed by atoms with Gasteiger partial charge in [-0.05, 0) is 44.7 Å². The molecule has 1 fully saturated rings. The van der Waals surface area contributed by atoms with Crippen LogP contribution in [0.4, 0.5) is 0 Å². The van der Waals surface area contributed by atoms with Crippen molar-refractivity contribution in [3.63, 3.8) is 0 Å². The van der Waals surface area contributed by atoms with Crippen molar-refractivity contribution in [3.05, 3.63) is 0 Å². The van der Waals surface area contributed by atoms with E-state index < -0.39 is 0 Å². The molecule has 0 aromatic carbocycles. The number of nitrogens with zero attached hydrogens (tertiary/aromatic N) is 1. The van der Waals surface area contributed by atoms with E-state index in [1.165, 1.54) is 32.4 Å². The Balaban J connectivity index is 2.46. The topological polar surface area (TPSA) is 29.3 Å². The molecule has 3 heteroatoms. The third-order valence-corrected chi connectivity index (χ3v) is 3.66. The first kappa shape index (κ1) is 12.9. The third kappa shape index (κ3) is 4.47. The lowest BCUT2D eigenvalue weighted by Gasteiger charge is -2.28. The number of rotatable bonds is 3. The summed E-state index contributed by atoms with van der Waals surface area (Å²) in [6.45, 7) is 9.37. The molecule has 0 amide bonds. The van der Waals surface area contributed by atoms with Gasteiger partial charge >= 0.3 is 0 Å². The second-order valence-corrected chi connectivity index (χ2v) is 6.10. The van der Waals surface area contributed by atoms with Crippen LogP contribution in [0.25, 0.3) is 0 Å². The van der Waals surface area contributed by atoms with Crippen molar-refractivity contribution in [2.75, 3.05) is 13.1 Å². The minimum Gasteiger partial charge on any atom is -0.393 e. The van der Waals surface area contributed by atoms with Crippen LogP contribution in [0.2, 0.25) is 0 Å². The summed E-state index contributed by atoms with van der Waals surface area (Å²) in [5.74, 6) is 0. The van der Waals surface area contributed by atoms with E-state index in [4.69, 9.17) is 18.0 Å². The molecule has 1 atom stereocenters. The van der Waals surface area contributed by atoms with Crippen LogP contribution in [-0.4, -0.2) is 29.0 Å². The molecular formula is C12H24N2S. The molecule has 0 spiro atoms. The summed E-state index contributed by atoms with van der Waals surface area (Å²) in [4.78, 5) is 3.18. The van der Waals surface area contributed by atoms with Gasteiger partial charge < -0.3 is 10.6 Å². The fourth-order valence-electron chi connectivity index (χ4n) is 2.30. The first-order valence-corrected chi connectivity index (χ1v) is 6.34. The van der Waals surface area contributed by atoms with Crippen LogP contribution in [0.5, 0.6) is 0 Å². The first-order chi connectivity index (χ1) is 6.91. The van der Waals surface area contributed by atoms with Gasteiger partial charge in [-0.15, -0.1) is 0 Å². The van der Waals surface area contributed by atoms with Gasteiger partial charge in [0, 0.05) is 12.5 Å². The highest BCUT2D eigenvalue weighted by Crippen LogP contribution is 2.30. The van der Waals surface area contributed by atoms with Crippen molar-refractivity contribution in [1.29, 1.82) is 0 Å². The van der Waals surface area contributed by atoms with Gasteiger partial charge in [-0.1, -0.05) is 26.1 Å². The van der Waals surface area contributed by atoms with E-state index >= 15 is 0 Å². The molecule has 88 valence electrons. The monoisotopic (exact) mass is 228 g/mol. The summed E-state index contributed by atoms with van der Waals surface area (Å²) in [5.41, 5.74) is 6.11. The molecule has 1 aliphatic rings. The molecule has 0 bridgehead atoms. The van der Waals surface area contributed by atoms with Gasteiger partial charge in [-0.3, -0.25) is 0 Å². The van der Waals surface area contributed by atoms with E-state index in [0.29, 0.717) is 16.4 Å². The molecule has 1 saturated heterocycles. The van der Waals surface area contributed by atoms with Gasteiger partial charge in [-0.25, -0.2) is 0 Å². The van der Waals surface area contributed by atoms with E-state index in [2.05, 4.69) is 25.7 Å². The maximum atomic E-state index is 5.60. The van der Waals surface area contributed by atoms with Crippen LogP contribution in [0.3, 0.4) is 0 Å². The second kappa shape index (κ2) is 5.26. The Morgan fingerprint density at radius 2 is 2.07 bits per heavy atom. The normalized spacial score (nSPS) is 24.5. The van der Waals surface area contributed by atoms with Gasteiger partial charge in [0.2, 0.25) is 0 Å². The fraction of sp³-hybridized carbons (Fsp3) is 0.917. The van der Waals surface area contributed by atoms with Gasteiger partial charge in [0.1, 0.15) is 0 Å². The van der Waals surface area contributed by atoms with E-state index in [1.807, 2.05) is 0 Å². The highest BCUT2D eigenvalue weighted by Gasteiger charge is 2.25. The number of thiocarbonyl (C=S) groups is 1. The van der Waals surface area contributed by atoms with Crippen molar-refractivity contribution in [2.24, 2.45) is 11.1 Å². The van der Waals surface area contributed by atoms with Gasteiger partial charge in [0.15, 0.2) is 0 Å². The molecule has 0 aromatic rings. The Hall–Kier alpha value is -0.150. The van der Waals surface area contributed by atoms with Crippen LogP contribution in [-0.2, 0) is 0 Å². The maximum Gasteiger partial charge on any atom is 0.0742 e. The summed E-state index contributed by atoms with van der Waals surface area (Å²) in [7, 11) is 0. The first-order valence-electron chi connectivity index (χ1n) is 5.93. The molecular weight excluding hydrogens is 204 g/mol. The SMILES string of the molecule is CC(CC(N)=S)N1CCCC(C)(C)CC1. The van der Waals surface area contributed by atoms with Gasteiger partial charge in [0.25, 0.3) is 0 Å². The lowest BCUT2D eigenvalue weighted by Crippen LogP contribution is -2.36. The van der Waals surface area contributed by atoms with Crippen LogP contribution < -0.4 is 5.73 Å². The highest BCUT2D eigenvalue weighted by molar-refractivity contribution is 7.80. The van der Waals surface area contributed by atoms with Gasteiger partial charge in [-0.2, -0.15) is 0 Å². The molecule has 1 aliphatic heterocycles. The molecule has 0 radical (unpaired) electrons. The minimum absolute atomic E-state index is 0.511. The van der Waals surface area contributed by atoms with Crippen LogP contribution in [0.1, 0.15) is 46.5 Å². The summed E-state index contributed by atoms with van der Waals surface area (Å²) in [5, 5.41) is 0. The molecule has 1 unspecified atom stereocenters. The minimum atomic E-state index is 0.511. The molecule has 0 aromatic heterocycles. The van der Waals surface area contributed by atoms with E-state index in [9.17, 15) is 0 Å². The van der Waals surface area contributed by atoms with Crippen molar-refractivity contribution >= 4 is 17.2 Å². The average molecular weight is 228 g/mol. The maximum absolute atomic E-state index is 5.60. The largest absolute Gasteiger partial charge is 0.393 e. The zero-order valence-electron chi connectivity index (χ0n) is 10.3. The molecule has 2 N–H and O–H groups in total. The lowest BCUT2D eigenvalue weighted by atomic mass is 9.85. The Bertz CT molecular complexity index is 226. The smallest absolute Gasteiger partial charge is 0.0742 e. The zero-order chi connectivity index (χ0) is 11.5. The van der Waals surface area contributed by atoms with Crippen LogP contribution >= 0.6 is 12.2 Å². The summed E-state index contributed by atoms with van der Waals surface area (Å²) in [6, 6.07) is 0.511. The third-order valence-electron chi connectivity index (χ3n) is 3.49. The second-order valence-electron chi connectivity index (χ2n) is 5.57. The number of hydrogen-bond acceptors (Lipinski definition) is 2. The van der Waals surface area contributed by atoms with Crippen molar-refractivity contribution in [2.45, 2.75) is 52.5 Å². The molecule has 1 rings (SSSR count). The number of hydrogen-bond donors (Lipinski definition) is 1. The van der Waals surface area contributed by atoms with Crippen molar-refractivity contribution in [3.8, 4) is 0 Å². The van der Waals surface area contributed by atoms with Crippen molar-refractivity contribution in [1.82, 2.24) is 4.90 Å². The highest BCUT2D eigenvalue weighted by atomic mass is 32.1. The quantitative estimate of drug-likeness (QED) is 0.753. The standard InChI is InChI=1S/C12H24N2S/c1-10(9-11(13)15)14-7-4-5-12(2,3)6-8-14/h10H,4-9H2,1-3H3,(H2,13,15). The number of nitrogens with two attached hydrogens (primary N) is 1. The molecule has 2 nitrogen and oxygen atoms in total. The van der Waals surface area contributed by atoms with Crippen LogP contribution in [0.15, 0.2) is 0 Å². The Labute approximate surface area is 99.2 Å². The van der Waals surface area contributed by atoms with E-state index in [-0.39, 0.29) is 0 Å². The summed E-state index contributed by atoms with van der Waals surface area (Å²) >= 11 is 4.97. The fourth-order valence-corrected chi connectivity index (χ4v) is 2.55. The lowest BCUT2D eigenvalue weighted by molar-refractivity contribution is 0.211. The Morgan fingerprint density at radius 1 is 1.40 bits per heavy atom. The summed E-state index contributed by atoms with van der Waals surface area (Å²) < 4.78 is 0. The van der Waals surface area contributed by atoms with Crippen molar-refractivity contribution < 1.29 is 0 Å². The average Bonchev–Trinajstić information content (AvgIpc) is 2.25.